The van der Waals surface area contributed by atoms with Gasteiger partial charge in [0.05, 0.1) is 21.6 Å². The second kappa shape index (κ2) is 4.74. The molecule has 0 spiro atoms. The molecule has 4 nitrogen and oxygen atoms in total. The van der Waals surface area contributed by atoms with Crippen LogP contribution in [-0.4, -0.2) is 9.97 Å². The van der Waals surface area contributed by atoms with Crippen molar-refractivity contribution in [2.75, 3.05) is 5.73 Å². The monoisotopic (exact) mass is 271 g/mol. The van der Waals surface area contributed by atoms with Crippen LogP contribution < -0.4 is 10.5 Å². The van der Waals surface area contributed by atoms with Crippen LogP contribution in [0.4, 0.5) is 5.69 Å². The average molecular weight is 272 g/mol. The van der Waals surface area contributed by atoms with E-state index in [9.17, 15) is 0 Å². The fourth-order valence-corrected chi connectivity index (χ4v) is 2.01. The SMILES string of the molecule is Nc1cccc(Cl)c1Oc1ncnc2ccccc12. The maximum atomic E-state index is 6.08. The molecule has 0 radical (unpaired) electrons. The molecular formula is C14H10ClN3O. The number of benzene rings is 2. The van der Waals surface area contributed by atoms with Crippen molar-refractivity contribution in [3.63, 3.8) is 0 Å². The standard InChI is InChI=1S/C14H10ClN3O/c15-10-5-3-6-11(16)13(10)19-14-9-4-1-2-7-12(9)17-8-18-14/h1-8H,16H2. The van der Waals surface area contributed by atoms with E-state index in [0.29, 0.717) is 22.3 Å². The Kier molecular flexibility index (Phi) is 2.93. The van der Waals surface area contributed by atoms with Crippen LogP contribution in [0.25, 0.3) is 10.9 Å². The number of nitrogens with zero attached hydrogens (tertiary/aromatic N) is 2. The van der Waals surface area contributed by atoms with E-state index in [1.165, 1.54) is 6.33 Å². The summed E-state index contributed by atoms with van der Waals surface area (Å²) in [5.41, 5.74) is 7.13. The Labute approximate surface area is 114 Å². The van der Waals surface area contributed by atoms with Crippen molar-refractivity contribution in [2.24, 2.45) is 0 Å². The van der Waals surface area contributed by atoms with E-state index in [4.69, 9.17) is 22.1 Å². The molecule has 5 heteroatoms. The number of nitrogens with two attached hydrogens (primary N) is 1. The van der Waals surface area contributed by atoms with Crippen LogP contribution in [0, 0.1) is 0 Å². The number of hydrogen-bond acceptors (Lipinski definition) is 4. The molecule has 0 saturated carbocycles. The van der Waals surface area contributed by atoms with Gasteiger partial charge in [-0.2, -0.15) is 0 Å². The van der Waals surface area contributed by atoms with Crippen LogP contribution in [0.15, 0.2) is 48.8 Å². The Morgan fingerprint density at radius 1 is 1.00 bits per heavy atom. The molecule has 19 heavy (non-hydrogen) atoms. The maximum Gasteiger partial charge on any atom is 0.230 e. The number of anilines is 1. The lowest BCUT2D eigenvalue weighted by Gasteiger charge is -2.10. The van der Waals surface area contributed by atoms with Crippen molar-refractivity contribution >= 4 is 28.2 Å². The third-order valence-electron chi connectivity index (χ3n) is 2.70. The number of nitrogen functional groups attached to an aromatic ring is 1. The van der Waals surface area contributed by atoms with E-state index >= 15 is 0 Å². The summed E-state index contributed by atoms with van der Waals surface area (Å²) in [6, 6.07) is 12.8. The highest BCUT2D eigenvalue weighted by Crippen LogP contribution is 2.35. The molecule has 0 saturated heterocycles. The summed E-state index contributed by atoms with van der Waals surface area (Å²) in [5.74, 6) is 0.846. The molecule has 0 aliphatic rings. The van der Waals surface area contributed by atoms with Gasteiger partial charge in [-0.15, -0.1) is 0 Å². The predicted molar refractivity (Wildman–Crippen MR) is 75.5 cm³/mol. The summed E-state index contributed by atoms with van der Waals surface area (Å²) in [7, 11) is 0. The minimum Gasteiger partial charge on any atom is -0.435 e. The first-order valence-corrected chi connectivity index (χ1v) is 6.05. The summed E-state index contributed by atoms with van der Waals surface area (Å²) in [5, 5.41) is 1.26. The first-order valence-electron chi connectivity index (χ1n) is 5.67. The lowest BCUT2D eigenvalue weighted by molar-refractivity contribution is 0.470. The third-order valence-corrected chi connectivity index (χ3v) is 3.00. The quantitative estimate of drug-likeness (QED) is 0.723. The normalized spacial score (nSPS) is 10.6. The van der Waals surface area contributed by atoms with Gasteiger partial charge in [0.15, 0.2) is 5.75 Å². The van der Waals surface area contributed by atoms with Crippen LogP contribution in [0.5, 0.6) is 11.6 Å². The number of aromatic nitrogens is 2. The fraction of sp³-hybridized carbons (Fsp3) is 0. The predicted octanol–water partition coefficient (Wildman–Crippen LogP) is 3.66. The Bertz CT molecular complexity index is 720. The highest BCUT2D eigenvalue weighted by atomic mass is 35.5. The van der Waals surface area contributed by atoms with Gasteiger partial charge in [0, 0.05) is 0 Å². The van der Waals surface area contributed by atoms with Gasteiger partial charge < -0.3 is 10.5 Å². The summed E-state index contributed by atoms with van der Waals surface area (Å²) < 4.78 is 5.75. The Morgan fingerprint density at radius 3 is 2.68 bits per heavy atom. The Hall–Kier alpha value is -2.33. The van der Waals surface area contributed by atoms with Gasteiger partial charge in [-0.25, -0.2) is 9.97 Å². The molecule has 2 N–H and O–H groups in total. The van der Waals surface area contributed by atoms with Gasteiger partial charge in [0.1, 0.15) is 6.33 Å². The molecular weight excluding hydrogens is 262 g/mol. The minimum absolute atomic E-state index is 0.410. The average Bonchev–Trinajstić information content (AvgIpc) is 2.43. The molecule has 2 aromatic carbocycles. The van der Waals surface area contributed by atoms with Gasteiger partial charge in [0.2, 0.25) is 5.88 Å². The number of para-hydroxylation sites is 2. The van der Waals surface area contributed by atoms with Gasteiger partial charge in [0.25, 0.3) is 0 Å². The second-order valence-corrected chi connectivity index (χ2v) is 4.36. The number of fused-ring (bicyclic) bond motifs is 1. The molecule has 0 aliphatic carbocycles. The molecule has 0 fully saturated rings. The number of ether oxygens (including phenoxy) is 1. The number of halogens is 1. The summed E-state index contributed by atoms with van der Waals surface area (Å²) in [6.07, 6.45) is 1.45. The van der Waals surface area contributed by atoms with E-state index in [2.05, 4.69) is 9.97 Å². The molecule has 0 amide bonds. The Balaban J connectivity index is 2.11. The van der Waals surface area contributed by atoms with Gasteiger partial charge >= 0.3 is 0 Å². The van der Waals surface area contributed by atoms with Gasteiger partial charge in [-0.3, -0.25) is 0 Å². The third kappa shape index (κ3) is 2.18. The van der Waals surface area contributed by atoms with Crippen LogP contribution in [-0.2, 0) is 0 Å². The molecule has 94 valence electrons. The maximum absolute atomic E-state index is 6.08. The molecule has 3 rings (SSSR count). The summed E-state index contributed by atoms with van der Waals surface area (Å²) in [6.45, 7) is 0. The van der Waals surface area contributed by atoms with Crippen molar-refractivity contribution < 1.29 is 4.74 Å². The first kappa shape index (κ1) is 11.7. The highest BCUT2D eigenvalue weighted by Gasteiger charge is 2.10. The molecule has 0 atom stereocenters. The summed E-state index contributed by atoms with van der Waals surface area (Å²) in [4.78, 5) is 8.31. The van der Waals surface area contributed by atoms with Crippen LogP contribution in [0.2, 0.25) is 5.02 Å². The number of rotatable bonds is 2. The molecule has 0 bridgehead atoms. The van der Waals surface area contributed by atoms with E-state index < -0.39 is 0 Å². The summed E-state index contributed by atoms with van der Waals surface area (Å²) >= 11 is 6.08. The molecule has 0 aliphatic heterocycles. The fourth-order valence-electron chi connectivity index (χ4n) is 1.79. The van der Waals surface area contributed by atoms with Crippen LogP contribution in [0.1, 0.15) is 0 Å². The zero-order valence-electron chi connectivity index (χ0n) is 9.88. The van der Waals surface area contributed by atoms with Crippen molar-refractivity contribution in [3.8, 4) is 11.6 Å². The highest BCUT2D eigenvalue weighted by molar-refractivity contribution is 6.32. The smallest absolute Gasteiger partial charge is 0.230 e. The van der Waals surface area contributed by atoms with E-state index in [1.54, 1.807) is 18.2 Å². The van der Waals surface area contributed by atoms with Gasteiger partial charge in [-0.05, 0) is 24.3 Å². The number of hydrogen-bond donors (Lipinski definition) is 1. The van der Waals surface area contributed by atoms with Crippen LogP contribution in [0.3, 0.4) is 0 Å². The van der Waals surface area contributed by atoms with E-state index in [1.807, 2.05) is 24.3 Å². The molecule has 1 heterocycles. The largest absolute Gasteiger partial charge is 0.435 e. The van der Waals surface area contributed by atoms with Crippen LogP contribution >= 0.6 is 11.6 Å². The minimum atomic E-state index is 0.410. The van der Waals surface area contributed by atoms with Crippen molar-refractivity contribution in [2.45, 2.75) is 0 Å². The zero-order valence-corrected chi connectivity index (χ0v) is 10.6. The van der Waals surface area contributed by atoms with E-state index in [-0.39, 0.29) is 0 Å². The second-order valence-electron chi connectivity index (χ2n) is 3.96. The van der Waals surface area contributed by atoms with Gasteiger partial charge in [-0.1, -0.05) is 29.8 Å². The molecule has 1 aromatic heterocycles. The Morgan fingerprint density at radius 2 is 1.84 bits per heavy atom. The molecule has 0 unspecified atom stereocenters. The first-order chi connectivity index (χ1) is 9.25. The van der Waals surface area contributed by atoms with Crippen molar-refractivity contribution in [3.05, 3.63) is 53.8 Å². The molecule has 3 aromatic rings. The topological polar surface area (TPSA) is 61.0 Å². The van der Waals surface area contributed by atoms with Crippen molar-refractivity contribution in [1.82, 2.24) is 9.97 Å². The van der Waals surface area contributed by atoms with E-state index in [0.717, 1.165) is 10.9 Å². The zero-order chi connectivity index (χ0) is 13.2. The lowest BCUT2D eigenvalue weighted by atomic mass is 10.2. The van der Waals surface area contributed by atoms with Crippen molar-refractivity contribution in [1.29, 1.82) is 0 Å². The lowest BCUT2D eigenvalue weighted by Crippen LogP contribution is -1.95.